The van der Waals surface area contributed by atoms with Crippen LogP contribution in [0.3, 0.4) is 0 Å². The normalized spacial score (nSPS) is 42.4. The molecule has 0 spiro atoms. The molecule has 1 saturated heterocycles. The van der Waals surface area contributed by atoms with Crippen LogP contribution >= 0.6 is 0 Å². The van der Waals surface area contributed by atoms with E-state index in [2.05, 4.69) is 0 Å². The smallest absolute Gasteiger partial charge is 0.253 e. The van der Waals surface area contributed by atoms with E-state index >= 15 is 0 Å². The first-order chi connectivity index (χ1) is 5.23. The summed E-state index contributed by atoms with van der Waals surface area (Å²) in [7, 11) is 0. The Kier molecular flexibility index (Phi) is 1.40. The first kappa shape index (κ1) is 7.06. The van der Waals surface area contributed by atoms with Gasteiger partial charge in [0.05, 0.1) is 6.61 Å². The molecule has 1 saturated carbocycles. The molecule has 2 aliphatic rings. The molecular weight excluding hydrogens is 146 g/mol. The van der Waals surface area contributed by atoms with E-state index in [4.69, 9.17) is 15.5 Å². The Balaban J connectivity index is 2.19. The van der Waals surface area contributed by atoms with Gasteiger partial charge < -0.3 is 5.73 Å². The second kappa shape index (κ2) is 2.19. The molecule has 1 aliphatic carbocycles. The Morgan fingerprint density at radius 1 is 1.64 bits per heavy atom. The zero-order chi connectivity index (χ0) is 7.90. The van der Waals surface area contributed by atoms with Crippen molar-refractivity contribution in [3.63, 3.8) is 0 Å². The molecular formula is C7H11NO3. The molecule has 62 valence electrons. The summed E-state index contributed by atoms with van der Waals surface area (Å²) >= 11 is 0. The van der Waals surface area contributed by atoms with Gasteiger partial charge in [-0.05, 0) is 25.2 Å². The fraction of sp³-hybridized carbons (Fsp3) is 0.857. The topological polar surface area (TPSA) is 61.6 Å². The molecule has 1 aliphatic heterocycles. The van der Waals surface area contributed by atoms with Gasteiger partial charge in [0, 0.05) is 0 Å². The lowest BCUT2D eigenvalue weighted by Gasteiger charge is -2.28. The predicted molar refractivity (Wildman–Crippen MR) is 36.3 cm³/mol. The lowest BCUT2D eigenvalue weighted by atomic mass is 9.99. The van der Waals surface area contributed by atoms with E-state index in [0.717, 1.165) is 12.8 Å². The maximum atomic E-state index is 11.0. The fourth-order valence-corrected chi connectivity index (χ4v) is 1.83. The van der Waals surface area contributed by atoms with Gasteiger partial charge in [0.25, 0.3) is 5.91 Å². The lowest BCUT2D eigenvalue weighted by molar-refractivity contribution is -0.368. The monoisotopic (exact) mass is 157 g/mol. The quantitative estimate of drug-likeness (QED) is 0.544. The SMILES string of the molecule is NC(=O)C12CCC(COO1)C2. The van der Waals surface area contributed by atoms with Gasteiger partial charge in [0.2, 0.25) is 0 Å². The summed E-state index contributed by atoms with van der Waals surface area (Å²) in [5.74, 6) is 0.0796. The van der Waals surface area contributed by atoms with Crippen molar-refractivity contribution >= 4 is 5.91 Å². The van der Waals surface area contributed by atoms with E-state index in [9.17, 15) is 4.79 Å². The van der Waals surface area contributed by atoms with E-state index in [1.807, 2.05) is 0 Å². The maximum Gasteiger partial charge on any atom is 0.253 e. The zero-order valence-electron chi connectivity index (χ0n) is 6.21. The van der Waals surface area contributed by atoms with Crippen LogP contribution < -0.4 is 5.73 Å². The van der Waals surface area contributed by atoms with Crippen LogP contribution in [0.5, 0.6) is 0 Å². The standard InChI is InChI=1S/C7H11NO3/c8-6(9)7-2-1-5(3-7)4-10-11-7/h5H,1-4H2,(H2,8,9). The van der Waals surface area contributed by atoms with Crippen LogP contribution in [0.2, 0.25) is 0 Å². The lowest BCUT2D eigenvalue weighted by Crippen LogP contribution is -2.46. The maximum absolute atomic E-state index is 11.0. The van der Waals surface area contributed by atoms with Gasteiger partial charge in [0.15, 0.2) is 5.60 Å². The highest BCUT2D eigenvalue weighted by Gasteiger charge is 2.49. The molecule has 2 atom stereocenters. The Bertz CT molecular complexity index is 190. The van der Waals surface area contributed by atoms with Crippen LogP contribution in [-0.2, 0) is 14.6 Å². The Morgan fingerprint density at radius 3 is 3.09 bits per heavy atom. The van der Waals surface area contributed by atoms with Gasteiger partial charge in [0.1, 0.15) is 0 Å². The summed E-state index contributed by atoms with van der Waals surface area (Å²) in [5.41, 5.74) is 4.41. The number of rotatable bonds is 1. The van der Waals surface area contributed by atoms with E-state index in [0.29, 0.717) is 18.9 Å². The minimum Gasteiger partial charge on any atom is -0.367 e. The van der Waals surface area contributed by atoms with E-state index in [-0.39, 0.29) is 5.91 Å². The van der Waals surface area contributed by atoms with Crippen LogP contribution in [0.4, 0.5) is 0 Å². The average Bonchev–Trinajstić information content (AvgIpc) is 2.29. The second-order valence-corrected chi connectivity index (χ2v) is 3.34. The zero-order valence-corrected chi connectivity index (χ0v) is 6.21. The molecule has 2 N–H and O–H groups in total. The molecule has 0 aromatic carbocycles. The summed E-state index contributed by atoms with van der Waals surface area (Å²) < 4.78 is 0. The van der Waals surface area contributed by atoms with Gasteiger partial charge in [-0.2, -0.15) is 0 Å². The molecule has 2 fully saturated rings. The summed E-state index contributed by atoms with van der Waals surface area (Å²) in [6.45, 7) is 0.606. The number of primary amides is 1. The molecule has 4 nitrogen and oxygen atoms in total. The highest BCUT2D eigenvalue weighted by atomic mass is 17.2. The molecule has 0 aromatic heterocycles. The van der Waals surface area contributed by atoms with Gasteiger partial charge >= 0.3 is 0 Å². The number of hydrogen-bond donors (Lipinski definition) is 1. The summed E-state index contributed by atoms with van der Waals surface area (Å²) in [4.78, 5) is 20.7. The largest absolute Gasteiger partial charge is 0.367 e. The first-order valence-corrected chi connectivity index (χ1v) is 3.83. The van der Waals surface area contributed by atoms with Crippen molar-refractivity contribution in [3.05, 3.63) is 0 Å². The highest BCUT2D eigenvalue weighted by molar-refractivity contribution is 5.83. The number of fused-ring (bicyclic) bond motifs is 2. The summed E-state index contributed by atoms with van der Waals surface area (Å²) in [6, 6.07) is 0. The number of amides is 1. The van der Waals surface area contributed by atoms with Gasteiger partial charge in [-0.25, -0.2) is 9.78 Å². The second-order valence-electron chi connectivity index (χ2n) is 3.34. The Labute approximate surface area is 64.6 Å². The van der Waals surface area contributed by atoms with Crippen LogP contribution in [0.25, 0.3) is 0 Å². The van der Waals surface area contributed by atoms with E-state index in [1.165, 1.54) is 0 Å². The minimum atomic E-state index is -0.789. The van der Waals surface area contributed by atoms with Crippen molar-refractivity contribution in [2.45, 2.75) is 24.9 Å². The molecule has 2 unspecified atom stereocenters. The number of carbonyl (C=O) groups excluding carboxylic acids is 1. The van der Waals surface area contributed by atoms with Crippen LogP contribution in [0.1, 0.15) is 19.3 Å². The fourth-order valence-electron chi connectivity index (χ4n) is 1.83. The molecule has 4 heteroatoms. The van der Waals surface area contributed by atoms with Crippen LogP contribution in [0.15, 0.2) is 0 Å². The van der Waals surface area contributed by atoms with E-state index in [1.54, 1.807) is 0 Å². The molecule has 2 bridgehead atoms. The molecule has 0 radical (unpaired) electrons. The predicted octanol–water partition coefficient (Wildman–Crippen LogP) is -0.0276. The van der Waals surface area contributed by atoms with Gasteiger partial charge in [-0.15, -0.1) is 0 Å². The summed E-state index contributed by atoms with van der Waals surface area (Å²) in [6.07, 6.45) is 2.44. The number of nitrogens with two attached hydrogens (primary N) is 1. The first-order valence-electron chi connectivity index (χ1n) is 3.83. The molecule has 11 heavy (non-hydrogen) atoms. The van der Waals surface area contributed by atoms with Crippen molar-refractivity contribution in [3.8, 4) is 0 Å². The Morgan fingerprint density at radius 2 is 2.45 bits per heavy atom. The highest BCUT2D eigenvalue weighted by Crippen LogP contribution is 2.41. The summed E-state index contributed by atoms with van der Waals surface area (Å²) in [5, 5.41) is 0. The molecule has 1 heterocycles. The van der Waals surface area contributed by atoms with Crippen LogP contribution in [0, 0.1) is 5.92 Å². The number of hydrogen-bond acceptors (Lipinski definition) is 3. The third kappa shape index (κ3) is 0.937. The third-order valence-corrected chi connectivity index (χ3v) is 2.55. The van der Waals surface area contributed by atoms with Crippen molar-refractivity contribution in [1.82, 2.24) is 0 Å². The number of carbonyl (C=O) groups is 1. The van der Waals surface area contributed by atoms with Gasteiger partial charge in [-0.1, -0.05) is 0 Å². The van der Waals surface area contributed by atoms with Gasteiger partial charge in [-0.3, -0.25) is 4.79 Å². The van der Waals surface area contributed by atoms with Crippen LogP contribution in [-0.4, -0.2) is 18.1 Å². The Hall–Kier alpha value is -0.610. The van der Waals surface area contributed by atoms with Crippen molar-refractivity contribution in [2.24, 2.45) is 11.7 Å². The van der Waals surface area contributed by atoms with Crippen molar-refractivity contribution in [2.75, 3.05) is 6.61 Å². The third-order valence-electron chi connectivity index (χ3n) is 2.55. The molecule has 1 amide bonds. The van der Waals surface area contributed by atoms with Crippen molar-refractivity contribution in [1.29, 1.82) is 0 Å². The average molecular weight is 157 g/mol. The minimum absolute atomic E-state index is 0.389. The molecule has 2 rings (SSSR count). The van der Waals surface area contributed by atoms with E-state index < -0.39 is 5.60 Å². The molecule has 0 aromatic rings. The van der Waals surface area contributed by atoms with Crippen molar-refractivity contribution < 1.29 is 14.6 Å².